The molecule has 2 rings (SSSR count). The van der Waals surface area contributed by atoms with Crippen LogP contribution >= 0.6 is 11.3 Å². The van der Waals surface area contributed by atoms with Crippen LogP contribution in [0.15, 0.2) is 46.0 Å². The van der Waals surface area contributed by atoms with E-state index in [4.69, 9.17) is 0 Å². The zero-order chi connectivity index (χ0) is 13.0. The van der Waals surface area contributed by atoms with Crippen molar-refractivity contribution in [1.82, 2.24) is 0 Å². The van der Waals surface area contributed by atoms with E-state index in [1.165, 1.54) is 16.9 Å². The number of rotatable bonds is 5. The first kappa shape index (κ1) is 13.1. The molecule has 0 radical (unpaired) electrons. The van der Waals surface area contributed by atoms with Crippen LogP contribution in [-0.2, 0) is 16.4 Å². The molecular formula is C13H15NO2S2. The van der Waals surface area contributed by atoms with Crippen molar-refractivity contribution in [3.8, 4) is 0 Å². The van der Waals surface area contributed by atoms with Gasteiger partial charge >= 0.3 is 0 Å². The van der Waals surface area contributed by atoms with Gasteiger partial charge in [-0.05, 0) is 35.6 Å². The summed E-state index contributed by atoms with van der Waals surface area (Å²) >= 11 is 1.21. The van der Waals surface area contributed by atoms with Crippen LogP contribution in [0.25, 0.3) is 0 Å². The van der Waals surface area contributed by atoms with Gasteiger partial charge in [-0.1, -0.05) is 31.5 Å². The molecule has 0 saturated carbocycles. The molecule has 0 amide bonds. The van der Waals surface area contributed by atoms with Crippen LogP contribution in [-0.4, -0.2) is 8.42 Å². The smallest absolute Gasteiger partial charge is 0.271 e. The molecule has 0 aliphatic carbocycles. The Balaban J connectivity index is 2.14. The summed E-state index contributed by atoms with van der Waals surface area (Å²) in [7, 11) is -3.43. The van der Waals surface area contributed by atoms with E-state index in [2.05, 4.69) is 11.6 Å². The number of hydrogen-bond donors (Lipinski definition) is 1. The van der Waals surface area contributed by atoms with E-state index in [0.29, 0.717) is 9.90 Å². The molecule has 0 saturated heterocycles. The summed E-state index contributed by atoms with van der Waals surface area (Å²) in [6.07, 6.45) is 2.10. The number of nitrogens with one attached hydrogen (secondary N) is 1. The molecule has 1 heterocycles. The number of anilines is 1. The second kappa shape index (κ2) is 5.54. The minimum Gasteiger partial charge on any atom is -0.279 e. The number of sulfonamides is 1. The van der Waals surface area contributed by atoms with Crippen molar-refractivity contribution >= 4 is 27.0 Å². The van der Waals surface area contributed by atoms with Gasteiger partial charge in [0.15, 0.2) is 0 Å². The third kappa shape index (κ3) is 3.11. The monoisotopic (exact) mass is 281 g/mol. The molecule has 0 aliphatic heterocycles. The van der Waals surface area contributed by atoms with Crippen molar-refractivity contribution in [1.29, 1.82) is 0 Å². The normalized spacial score (nSPS) is 11.4. The maximum atomic E-state index is 12.0. The van der Waals surface area contributed by atoms with Crippen molar-refractivity contribution in [2.75, 3.05) is 4.72 Å². The molecule has 2 aromatic rings. The first-order valence-electron chi connectivity index (χ1n) is 5.77. The van der Waals surface area contributed by atoms with Crippen LogP contribution in [0.3, 0.4) is 0 Å². The van der Waals surface area contributed by atoms with Crippen molar-refractivity contribution < 1.29 is 8.42 Å². The third-order valence-electron chi connectivity index (χ3n) is 2.50. The summed E-state index contributed by atoms with van der Waals surface area (Å²) in [5.41, 5.74) is 1.82. The molecule has 0 fully saturated rings. The maximum Gasteiger partial charge on any atom is 0.271 e. The average Bonchev–Trinajstić information content (AvgIpc) is 2.86. The highest BCUT2D eigenvalue weighted by atomic mass is 32.2. The second-order valence-corrected chi connectivity index (χ2v) is 6.84. The highest BCUT2D eigenvalue weighted by Crippen LogP contribution is 2.20. The van der Waals surface area contributed by atoms with Crippen LogP contribution < -0.4 is 4.72 Å². The van der Waals surface area contributed by atoms with Crippen LogP contribution in [0.1, 0.15) is 18.9 Å². The summed E-state index contributed by atoms with van der Waals surface area (Å²) in [5.74, 6) is 0. The van der Waals surface area contributed by atoms with Gasteiger partial charge in [0.05, 0.1) is 0 Å². The SMILES string of the molecule is CCCc1ccc(NS(=O)(=O)c2cccs2)cc1. The fourth-order valence-electron chi connectivity index (χ4n) is 1.65. The Morgan fingerprint density at radius 1 is 1.17 bits per heavy atom. The Bertz CT molecular complexity index is 586. The molecule has 0 bridgehead atoms. The molecule has 0 atom stereocenters. The molecule has 1 aromatic heterocycles. The van der Waals surface area contributed by atoms with Gasteiger partial charge in [-0.15, -0.1) is 11.3 Å². The number of thiophene rings is 1. The maximum absolute atomic E-state index is 12.0. The van der Waals surface area contributed by atoms with Crippen LogP contribution in [0.4, 0.5) is 5.69 Å². The van der Waals surface area contributed by atoms with E-state index in [1.54, 1.807) is 29.6 Å². The van der Waals surface area contributed by atoms with Crippen molar-refractivity contribution in [2.24, 2.45) is 0 Å². The summed E-state index contributed by atoms with van der Waals surface area (Å²) in [6.45, 7) is 2.12. The van der Waals surface area contributed by atoms with Gasteiger partial charge in [-0.3, -0.25) is 4.72 Å². The minimum atomic E-state index is -3.43. The highest BCUT2D eigenvalue weighted by Gasteiger charge is 2.14. The first-order chi connectivity index (χ1) is 8.62. The third-order valence-corrected chi connectivity index (χ3v) is 5.28. The predicted octanol–water partition coefficient (Wildman–Crippen LogP) is 3.50. The standard InChI is InChI=1S/C13H15NO2S2/c1-2-4-11-6-8-12(9-7-11)14-18(15,16)13-5-3-10-17-13/h3,5-10,14H,2,4H2,1H3. The van der Waals surface area contributed by atoms with Gasteiger partial charge in [0, 0.05) is 5.69 Å². The minimum absolute atomic E-state index is 0.333. The molecular weight excluding hydrogens is 266 g/mol. The zero-order valence-corrected chi connectivity index (χ0v) is 11.7. The van der Waals surface area contributed by atoms with Gasteiger partial charge in [0.1, 0.15) is 4.21 Å². The highest BCUT2D eigenvalue weighted by molar-refractivity contribution is 7.94. The molecule has 1 aromatic carbocycles. The van der Waals surface area contributed by atoms with E-state index >= 15 is 0 Å². The van der Waals surface area contributed by atoms with Crippen LogP contribution in [0, 0.1) is 0 Å². The number of benzene rings is 1. The van der Waals surface area contributed by atoms with Gasteiger partial charge in [0.2, 0.25) is 0 Å². The van der Waals surface area contributed by atoms with Gasteiger partial charge in [0.25, 0.3) is 10.0 Å². The zero-order valence-electron chi connectivity index (χ0n) is 10.1. The molecule has 3 nitrogen and oxygen atoms in total. The lowest BCUT2D eigenvalue weighted by molar-refractivity contribution is 0.603. The first-order valence-corrected chi connectivity index (χ1v) is 8.13. The fraction of sp³-hybridized carbons (Fsp3) is 0.231. The summed E-state index contributed by atoms with van der Waals surface area (Å²) in [6, 6.07) is 10.8. The van der Waals surface area contributed by atoms with Gasteiger partial charge < -0.3 is 0 Å². The lowest BCUT2D eigenvalue weighted by atomic mass is 10.1. The number of hydrogen-bond acceptors (Lipinski definition) is 3. The van der Waals surface area contributed by atoms with Crippen molar-refractivity contribution in [3.63, 3.8) is 0 Å². The molecule has 18 heavy (non-hydrogen) atoms. The molecule has 0 unspecified atom stereocenters. The molecule has 5 heteroatoms. The summed E-state index contributed by atoms with van der Waals surface area (Å²) in [5, 5.41) is 1.75. The summed E-state index contributed by atoms with van der Waals surface area (Å²) < 4.78 is 26.9. The quantitative estimate of drug-likeness (QED) is 0.911. The van der Waals surface area contributed by atoms with E-state index in [9.17, 15) is 8.42 Å². The van der Waals surface area contributed by atoms with E-state index in [1.807, 2.05) is 12.1 Å². The lowest BCUT2D eigenvalue weighted by Gasteiger charge is -2.07. The van der Waals surface area contributed by atoms with Crippen LogP contribution in [0.2, 0.25) is 0 Å². The van der Waals surface area contributed by atoms with Gasteiger partial charge in [-0.25, -0.2) is 8.42 Å². The Morgan fingerprint density at radius 2 is 1.89 bits per heavy atom. The molecule has 96 valence electrons. The molecule has 1 N–H and O–H groups in total. The predicted molar refractivity (Wildman–Crippen MR) is 75.6 cm³/mol. The van der Waals surface area contributed by atoms with E-state index in [-0.39, 0.29) is 0 Å². The van der Waals surface area contributed by atoms with Gasteiger partial charge in [-0.2, -0.15) is 0 Å². The lowest BCUT2D eigenvalue weighted by Crippen LogP contribution is -2.11. The largest absolute Gasteiger partial charge is 0.279 e. The Hall–Kier alpha value is -1.33. The van der Waals surface area contributed by atoms with Crippen LogP contribution in [0.5, 0.6) is 0 Å². The van der Waals surface area contributed by atoms with E-state index in [0.717, 1.165) is 12.8 Å². The topological polar surface area (TPSA) is 46.2 Å². The number of aryl methyl sites for hydroxylation is 1. The Labute approximate surface area is 112 Å². The fourth-order valence-corrected chi connectivity index (χ4v) is 3.70. The van der Waals surface area contributed by atoms with Crippen molar-refractivity contribution in [2.45, 2.75) is 24.0 Å². The average molecular weight is 281 g/mol. The molecule has 0 aliphatic rings. The van der Waals surface area contributed by atoms with Crippen molar-refractivity contribution in [3.05, 3.63) is 47.3 Å². The molecule has 0 spiro atoms. The Morgan fingerprint density at radius 3 is 2.44 bits per heavy atom. The van der Waals surface area contributed by atoms with E-state index < -0.39 is 10.0 Å². The second-order valence-electron chi connectivity index (χ2n) is 3.98. The summed E-state index contributed by atoms with van der Waals surface area (Å²) in [4.78, 5) is 0. The Kier molecular flexibility index (Phi) is 4.04.